The highest BCUT2D eigenvalue weighted by atomic mass is 16.5. The van der Waals surface area contributed by atoms with Gasteiger partial charge in [0.25, 0.3) is 0 Å². The van der Waals surface area contributed by atoms with Gasteiger partial charge in [0, 0.05) is 18.1 Å². The largest absolute Gasteiger partial charge is 0.377 e. The summed E-state index contributed by atoms with van der Waals surface area (Å²) in [7, 11) is 0. The molecule has 0 amide bonds. The van der Waals surface area contributed by atoms with E-state index in [1.807, 2.05) is 0 Å². The summed E-state index contributed by atoms with van der Waals surface area (Å²) < 4.78 is 6.04. The van der Waals surface area contributed by atoms with Crippen LogP contribution in [-0.2, 0) is 4.74 Å². The zero-order valence-electron chi connectivity index (χ0n) is 10.4. The minimum atomic E-state index is 0.380. The summed E-state index contributed by atoms with van der Waals surface area (Å²) in [6, 6.07) is 0.678. The fourth-order valence-electron chi connectivity index (χ4n) is 2.65. The van der Waals surface area contributed by atoms with Gasteiger partial charge in [-0.3, -0.25) is 0 Å². The van der Waals surface area contributed by atoms with Gasteiger partial charge in [-0.15, -0.1) is 0 Å². The summed E-state index contributed by atoms with van der Waals surface area (Å²) in [4.78, 5) is 0. The number of rotatable bonds is 6. The molecule has 0 radical (unpaired) electrons. The molecule has 0 heterocycles. The molecule has 0 aromatic carbocycles. The summed E-state index contributed by atoms with van der Waals surface area (Å²) >= 11 is 0. The Bertz CT molecular complexity index is 215. The Morgan fingerprint density at radius 1 is 1.33 bits per heavy atom. The lowest BCUT2D eigenvalue weighted by atomic mass is 9.61. The summed E-state index contributed by atoms with van der Waals surface area (Å²) in [5.41, 5.74) is 0.380. The van der Waals surface area contributed by atoms with E-state index in [1.165, 1.54) is 25.7 Å². The number of hydrogen-bond donors (Lipinski definition) is 1. The predicted molar refractivity (Wildman–Crippen MR) is 62.9 cm³/mol. The van der Waals surface area contributed by atoms with Gasteiger partial charge in [0.15, 0.2) is 0 Å². The van der Waals surface area contributed by atoms with E-state index in [0.29, 0.717) is 17.6 Å². The molecule has 1 N–H and O–H groups in total. The van der Waals surface area contributed by atoms with Crippen molar-refractivity contribution in [3.05, 3.63) is 0 Å². The van der Waals surface area contributed by atoms with Crippen molar-refractivity contribution in [1.29, 1.82) is 0 Å². The molecule has 2 nitrogen and oxygen atoms in total. The first-order valence-electron chi connectivity index (χ1n) is 6.55. The molecule has 0 saturated heterocycles. The smallest absolute Gasteiger partial charge is 0.0658 e. The van der Waals surface area contributed by atoms with E-state index < -0.39 is 0 Å². The first-order valence-corrected chi connectivity index (χ1v) is 6.55. The van der Waals surface area contributed by atoms with E-state index in [1.54, 1.807) is 0 Å². The van der Waals surface area contributed by atoms with Crippen LogP contribution in [0.3, 0.4) is 0 Å². The summed E-state index contributed by atoms with van der Waals surface area (Å²) in [6.07, 6.45) is 5.73. The maximum Gasteiger partial charge on any atom is 0.0658 e. The number of nitrogens with one attached hydrogen (secondary N) is 1. The minimum Gasteiger partial charge on any atom is -0.377 e. The Morgan fingerprint density at radius 2 is 2.07 bits per heavy atom. The number of hydrogen-bond acceptors (Lipinski definition) is 2. The molecule has 2 aliphatic rings. The molecule has 3 atom stereocenters. The Balaban J connectivity index is 1.80. The van der Waals surface area contributed by atoms with Crippen molar-refractivity contribution in [2.45, 2.75) is 58.6 Å². The molecule has 2 rings (SSSR count). The van der Waals surface area contributed by atoms with Crippen LogP contribution < -0.4 is 5.32 Å². The molecule has 0 bridgehead atoms. The lowest BCUT2D eigenvalue weighted by Crippen LogP contribution is -2.62. The topological polar surface area (TPSA) is 21.3 Å². The van der Waals surface area contributed by atoms with Gasteiger partial charge in [0.1, 0.15) is 0 Å². The second-order valence-electron chi connectivity index (χ2n) is 5.47. The molecule has 88 valence electrons. The van der Waals surface area contributed by atoms with Crippen molar-refractivity contribution in [3.8, 4) is 0 Å². The van der Waals surface area contributed by atoms with Crippen LogP contribution in [0, 0.1) is 11.3 Å². The molecule has 0 aromatic heterocycles. The molecule has 2 saturated carbocycles. The second-order valence-corrected chi connectivity index (χ2v) is 5.47. The van der Waals surface area contributed by atoms with Gasteiger partial charge in [-0.05, 0) is 38.1 Å². The first kappa shape index (κ1) is 11.4. The molecule has 2 fully saturated rings. The molecule has 3 unspecified atom stereocenters. The van der Waals surface area contributed by atoms with Crippen LogP contribution in [0.5, 0.6) is 0 Å². The molecule has 0 aromatic rings. The van der Waals surface area contributed by atoms with Gasteiger partial charge in [0.2, 0.25) is 0 Å². The van der Waals surface area contributed by atoms with E-state index in [0.717, 1.165) is 19.1 Å². The van der Waals surface area contributed by atoms with Crippen LogP contribution in [0.25, 0.3) is 0 Å². The zero-order valence-corrected chi connectivity index (χ0v) is 10.4. The SMILES string of the molecule is CCNC1CC(OCC2CC2)C1(C)CC. The Morgan fingerprint density at radius 3 is 2.60 bits per heavy atom. The third-order valence-electron chi connectivity index (χ3n) is 4.42. The van der Waals surface area contributed by atoms with Gasteiger partial charge in [-0.1, -0.05) is 20.8 Å². The van der Waals surface area contributed by atoms with Crippen LogP contribution in [-0.4, -0.2) is 25.3 Å². The molecular weight excluding hydrogens is 186 g/mol. The third kappa shape index (κ3) is 2.21. The number of ether oxygens (including phenoxy) is 1. The summed E-state index contributed by atoms with van der Waals surface area (Å²) in [5.74, 6) is 0.893. The van der Waals surface area contributed by atoms with Gasteiger partial charge in [0.05, 0.1) is 6.10 Å². The second kappa shape index (κ2) is 4.42. The van der Waals surface area contributed by atoms with Crippen molar-refractivity contribution in [3.63, 3.8) is 0 Å². The van der Waals surface area contributed by atoms with Crippen LogP contribution in [0.4, 0.5) is 0 Å². The van der Waals surface area contributed by atoms with Crippen molar-refractivity contribution in [2.24, 2.45) is 11.3 Å². The summed E-state index contributed by atoms with van der Waals surface area (Å²) in [6.45, 7) is 8.95. The van der Waals surface area contributed by atoms with Crippen LogP contribution in [0.1, 0.15) is 46.5 Å². The van der Waals surface area contributed by atoms with E-state index in [9.17, 15) is 0 Å². The molecule has 0 aliphatic heterocycles. The van der Waals surface area contributed by atoms with Crippen LogP contribution >= 0.6 is 0 Å². The zero-order chi connectivity index (χ0) is 10.9. The van der Waals surface area contributed by atoms with Crippen molar-refractivity contribution >= 4 is 0 Å². The monoisotopic (exact) mass is 211 g/mol. The third-order valence-corrected chi connectivity index (χ3v) is 4.42. The average Bonchev–Trinajstić information content (AvgIpc) is 3.04. The van der Waals surface area contributed by atoms with E-state index in [4.69, 9.17) is 4.74 Å². The fraction of sp³-hybridized carbons (Fsp3) is 1.00. The van der Waals surface area contributed by atoms with Crippen molar-refractivity contribution in [2.75, 3.05) is 13.2 Å². The normalized spacial score (nSPS) is 40.2. The molecule has 0 spiro atoms. The van der Waals surface area contributed by atoms with Crippen LogP contribution in [0.15, 0.2) is 0 Å². The minimum absolute atomic E-state index is 0.380. The van der Waals surface area contributed by atoms with Gasteiger partial charge >= 0.3 is 0 Å². The molecular formula is C13H25NO. The maximum atomic E-state index is 6.04. The quantitative estimate of drug-likeness (QED) is 0.729. The van der Waals surface area contributed by atoms with E-state index in [2.05, 4.69) is 26.1 Å². The lowest BCUT2D eigenvalue weighted by Gasteiger charge is -2.54. The standard InChI is InChI=1S/C13H25NO/c1-4-13(3)11(14-5-2)8-12(13)15-9-10-6-7-10/h10-12,14H,4-9H2,1-3H3. The molecule has 15 heavy (non-hydrogen) atoms. The van der Waals surface area contributed by atoms with E-state index >= 15 is 0 Å². The Labute approximate surface area is 93.8 Å². The van der Waals surface area contributed by atoms with Crippen molar-refractivity contribution < 1.29 is 4.74 Å². The van der Waals surface area contributed by atoms with Gasteiger partial charge < -0.3 is 10.1 Å². The Hall–Kier alpha value is -0.0800. The Kier molecular flexibility index (Phi) is 3.36. The summed E-state index contributed by atoms with van der Waals surface area (Å²) in [5, 5.41) is 3.58. The van der Waals surface area contributed by atoms with Crippen molar-refractivity contribution in [1.82, 2.24) is 5.32 Å². The fourth-order valence-corrected chi connectivity index (χ4v) is 2.65. The van der Waals surface area contributed by atoms with E-state index in [-0.39, 0.29) is 0 Å². The predicted octanol–water partition coefficient (Wildman–Crippen LogP) is 2.58. The highest BCUT2D eigenvalue weighted by molar-refractivity contribution is 5.04. The van der Waals surface area contributed by atoms with Crippen LogP contribution in [0.2, 0.25) is 0 Å². The molecule has 2 aliphatic carbocycles. The first-order chi connectivity index (χ1) is 7.20. The lowest BCUT2D eigenvalue weighted by molar-refractivity contribution is -0.131. The average molecular weight is 211 g/mol. The molecule has 2 heteroatoms. The highest BCUT2D eigenvalue weighted by Gasteiger charge is 2.50. The van der Waals surface area contributed by atoms with Gasteiger partial charge in [-0.25, -0.2) is 0 Å². The maximum absolute atomic E-state index is 6.04. The highest BCUT2D eigenvalue weighted by Crippen LogP contribution is 2.46. The van der Waals surface area contributed by atoms with Gasteiger partial charge in [-0.2, -0.15) is 0 Å².